The van der Waals surface area contributed by atoms with Crippen molar-refractivity contribution in [1.29, 1.82) is 0 Å². The average Bonchev–Trinajstić information content (AvgIpc) is 3.06. The van der Waals surface area contributed by atoms with Gasteiger partial charge in [-0.3, -0.25) is 0 Å². The van der Waals surface area contributed by atoms with E-state index in [0.717, 1.165) is 0 Å². The summed E-state index contributed by atoms with van der Waals surface area (Å²) in [5.41, 5.74) is 0.470. The van der Waals surface area contributed by atoms with Crippen LogP contribution in [-0.4, -0.2) is 23.8 Å². The topological polar surface area (TPSA) is 32.3 Å². The van der Waals surface area contributed by atoms with Crippen LogP contribution in [0.1, 0.15) is 18.4 Å². The molecule has 1 aromatic carbocycles. The standard InChI is InChI=1S/C12H15ClFNO/c13-11-3-1-2-8(12(11)14)6-10(16)7-15-9-4-5-9/h1-3,9-10,15-16H,4-7H2. The Morgan fingerprint density at radius 1 is 1.50 bits per heavy atom. The second-order valence-electron chi connectivity index (χ2n) is 4.25. The van der Waals surface area contributed by atoms with E-state index in [1.54, 1.807) is 12.1 Å². The zero-order valence-corrected chi connectivity index (χ0v) is 9.67. The maximum Gasteiger partial charge on any atom is 0.145 e. The van der Waals surface area contributed by atoms with E-state index in [0.29, 0.717) is 24.6 Å². The molecule has 1 fully saturated rings. The molecule has 1 aliphatic rings. The lowest BCUT2D eigenvalue weighted by Gasteiger charge is -2.12. The second kappa shape index (κ2) is 5.13. The Hall–Kier alpha value is -0.640. The van der Waals surface area contributed by atoms with E-state index in [4.69, 9.17) is 11.6 Å². The highest BCUT2D eigenvalue weighted by Gasteiger charge is 2.21. The number of benzene rings is 1. The highest BCUT2D eigenvalue weighted by molar-refractivity contribution is 6.30. The van der Waals surface area contributed by atoms with E-state index in [1.807, 2.05) is 0 Å². The summed E-state index contributed by atoms with van der Waals surface area (Å²) >= 11 is 5.66. The Morgan fingerprint density at radius 2 is 2.25 bits per heavy atom. The molecule has 88 valence electrons. The Morgan fingerprint density at radius 3 is 2.94 bits per heavy atom. The van der Waals surface area contributed by atoms with Gasteiger partial charge in [0.2, 0.25) is 0 Å². The van der Waals surface area contributed by atoms with Crippen molar-refractivity contribution in [2.24, 2.45) is 0 Å². The van der Waals surface area contributed by atoms with Crippen LogP contribution in [0.4, 0.5) is 4.39 Å². The largest absolute Gasteiger partial charge is 0.391 e. The lowest BCUT2D eigenvalue weighted by atomic mass is 10.1. The molecule has 0 bridgehead atoms. The summed E-state index contributed by atoms with van der Waals surface area (Å²) in [5, 5.41) is 13.0. The molecule has 1 aliphatic carbocycles. The molecule has 2 N–H and O–H groups in total. The minimum atomic E-state index is -0.562. The molecule has 2 nitrogen and oxygen atoms in total. The van der Waals surface area contributed by atoms with Crippen molar-refractivity contribution in [3.63, 3.8) is 0 Å². The zero-order valence-electron chi connectivity index (χ0n) is 8.92. The molecule has 0 saturated heterocycles. The first-order valence-electron chi connectivity index (χ1n) is 5.51. The van der Waals surface area contributed by atoms with Gasteiger partial charge in [-0.2, -0.15) is 0 Å². The average molecular weight is 244 g/mol. The highest BCUT2D eigenvalue weighted by Crippen LogP contribution is 2.20. The van der Waals surface area contributed by atoms with Crippen molar-refractivity contribution in [1.82, 2.24) is 5.32 Å². The predicted octanol–water partition coefficient (Wildman–Crippen LogP) is 2.13. The molecule has 0 amide bonds. The summed E-state index contributed by atoms with van der Waals surface area (Å²) in [4.78, 5) is 0. The van der Waals surface area contributed by atoms with E-state index in [2.05, 4.69) is 5.32 Å². The van der Waals surface area contributed by atoms with Crippen molar-refractivity contribution >= 4 is 11.6 Å². The fraction of sp³-hybridized carbons (Fsp3) is 0.500. The molecule has 4 heteroatoms. The van der Waals surface area contributed by atoms with Crippen molar-refractivity contribution in [3.05, 3.63) is 34.6 Å². The molecule has 1 aromatic rings. The molecule has 1 unspecified atom stereocenters. The third-order valence-electron chi connectivity index (χ3n) is 2.71. The van der Waals surface area contributed by atoms with Crippen molar-refractivity contribution in [3.8, 4) is 0 Å². The van der Waals surface area contributed by atoms with Gasteiger partial charge in [-0.05, 0) is 24.5 Å². The van der Waals surface area contributed by atoms with Crippen molar-refractivity contribution in [2.75, 3.05) is 6.54 Å². The minimum Gasteiger partial charge on any atom is -0.391 e. The lowest BCUT2D eigenvalue weighted by molar-refractivity contribution is 0.170. The first kappa shape index (κ1) is 11.8. The Bertz CT molecular complexity index is 368. The van der Waals surface area contributed by atoms with Gasteiger partial charge in [0, 0.05) is 19.0 Å². The van der Waals surface area contributed by atoms with Crippen LogP contribution in [0.2, 0.25) is 5.02 Å². The summed E-state index contributed by atoms with van der Waals surface area (Å²) in [6.45, 7) is 0.511. The third kappa shape index (κ3) is 3.17. The van der Waals surface area contributed by atoms with Gasteiger partial charge < -0.3 is 10.4 Å². The zero-order chi connectivity index (χ0) is 11.5. The van der Waals surface area contributed by atoms with Crippen LogP contribution >= 0.6 is 11.6 Å². The summed E-state index contributed by atoms with van der Waals surface area (Å²) in [6.07, 6.45) is 2.09. The van der Waals surface area contributed by atoms with Gasteiger partial charge in [-0.25, -0.2) is 4.39 Å². The van der Waals surface area contributed by atoms with E-state index in [9.17, 15) is 9.50 Å². The van der Waals surface area contributed by atoms with Crippen LogP contribution in [0.25, 0.3) is 0 Å². The van der Waals surface area contributed by atoms with Crippen LogP contribution in [0.3, 0.4) is 0 Å². The van der Waals surface area contributed by atoms with Crippen LogP contribution < -0.4 is 5.32 Å². The fourth-order valence-electron chi connectivity index (χ4n) is 1.62. The van der Waals surface area contributed by atoms with Crippen molar-refractivity contribution in [2.45, 2.75) is 31.4 Å². The smallest absolute Gasteiger partial charge is 0.145 e. The Kier molecular flexibility index (Phi) is 3.79. The normalized spacial score (nSPS) is 17.4. The molecular weight excluding hydrogens is 229 g/mol. The molecule has 0 aliphatic heterocycles. The monoisotopic (exact) mass is 243 g/mol. The number of aliphatic hydroxyl groups excluding tert-OH is 1. The number of hydrogen-bond donors (Lipinski definition) is 2. The molecule has 16 heavy (non-hydrogen) atoms. The number of nitrogens with one attached hydrogen (secondary N) is 1. The minimum absolute atomic E-state index is 0.111. The van der Waals surface area contributed by atoms with Crippen molar-refractivity contribution < 1.29 is 9.50 Å². The van der Waals surface area contributed by atoms with Crippen LogP contribution in [0.5, 0.6) is 0 Å². The van der Waals surface area contributed by atoms with E-state index in [-0.39, 0.29) is 5.02 Å². The third-order valence-corrected chi connectivity index (χ3v) is 3.00. The van der Waals surface area contributed by atoms with Gasteiger partial charge in [-0.1, -0.05) is 23.7 Å². The molecule has 2 rings (SSSR count). The number of rotatable bonds is 5. The van der Waals surface area contributed by atoms with Crippen LogP contribution in [0, 0.1) is 5.82 Å². The summed E-state index contributed by atoms with van der Waals surface area (Å²) < 4.78 is 13.5. The first-order valence-corrected chi connectivity index (χ1v) is 5.89. The number of halogens is 2. The number of aliphatic hydroxyl groups is 1. The van der Waals surface area contributed by atoms with Crippen LogP contribution in [-0.2, 0) is 6.42 Å². The summed E-state index contributed by atoms with van der Waals surface area (Å²) in [6, 6.07) is 5.41. The Labute approximate surface area is 99.4 Å². The lowest BCUT2D eigenvalue weighted by Crippen LogP contribution is -2.30. The maximum atomic E-state index is 13.5. The number of hydrogen-bond acceptors (Lipinski definition) is 2. The van der Waals surface area contributed by atoms with Gasteiger partial charge in [0.05, 0.1) is 11.1 Å². The highest BCUT2D eigenvalue weighted by atomic mass is 35.5. The first-order chi connectivity index (χ1) is 7.66. The quantitative estimate of drug-likeness (QED) is 0.831. The molecule has 1 atom stereocenters. The van der Waals surface area contributed by atoms with Gasteiger partial charge in [0.15, 0.2) is 0 Å². The molecule has 1 saturated carbocycles. The molecule has 0 radical (unpaired) electrons. The molecule has 0 aromatic heterocycles. The summed E-state index contributed by atoms with van der Waals surface area (Å²) in [5.74, 6) is -0.422. The van der Waals surface area contributed by atoms with Gasteiger partial charge in [0.25, 0.3) is 0 Å². The molecule has 0 heterocycles. The fourth-order valence-corrected chi connectivity index (χ4v) is 1.82. The van der Waals surface area contributed by atoms with Gasteiger partial charge in [-0.15, -0.1) is 0 Å². The predicted molar refractivity (Wildman–Crippen MR) is 62.1 cm³/mol. The SMILES string of the molecule is OC(CNC1CC1)Cc1cccc(Cl)c1F. The summed E-state index contributed by atoms with van der Waals surface area (Å²) in [7, 11) is 0. The molecule has 0 spiro atoms. The maximum absolute atomic E-state index is 13.5. The van der Waals surface area contributed by atoms with Gasteiger partial charge >= 0.3 is 0 Å². The van der Waals surface area contributed by atoms with E-state index < -0.39 is 11.9 Å². The second-order valence-corrected chi connectivity index (χ2v) is 4.66. The van der Waals surface area contributed by atoms with E-state index in [1.165, 1.54) is 18.9 Å². The van der Waals surface area contributed by atoms with Gasteiger partial charge in [0.1, 0.15) is 5.82 Å². The molecular formula is C12H15ClFNO. The van der Waals surface area contributed by atoms with Crippen LogP contribution in [0.15, 0.2) is 18.2 Å². The van der Waals surface area contributed by atoms with E-state index >= 15 is 0 Å². The Balaban J connectivity index is 1.88.